The summed E-state index contributed by atoms with van der Waals surface area (Å²) < 4.78 is 5.55. The first-order valence-corrected chi connectivity index (χ1v) is 11.6. The number of aromatic nitrogens is 3. The Kier molecular flexibility index (Phi) is 6.63. The highest BCUT2D eigenvalue weighted by Crippen LogP contribution is 2.34. The van der Waals surface area contributed by atoms with Gasteiger partial charge in [0.05, 0.1) is 13.2 Å². The van der Waals surface area contributed by atoms with Crippen LogP contribution in [0.5, 0.6) is 0 Å². The molecular weight excluding hydrogens is 376 g/mol. The number of nitrogens with one attached hydrogen (secondary N) is 1. The van der Waals surface area contributed by atoms with Crippen molar-refractivity contribution in [2.24, 2.45) is 0 Å². The van der Waals surface area contributed by atoms with E-state index in [1.807, 2.05) is 0 Å². The van der Waals surface area contributed by atoms with E-state index in [2.05, 4.69) is 70.6 Å². The first-order chi connectivity index (χ1) is 14.0. The molecular formula is C23H42N6O. The number of rotatable bonds is 6. The summed E-state index contributed by atoms with van der Waals surface area (Å²) in [6.07, 6.45) is 4.12. The van der Waals surface area contributed by atoms with Crippen molar-refractivity contribution in [1.82, 2.24) is 20.3 Å². The highest BCUT2D eigenvalue weighted by molar-refractivity contribution is 5.41. The molecule has 1 aromatic heterocycles. The molecule has 0 amide bonds. The topological polar surface area (TPSA) is 66.4 Å². The van der Waals surface area contributed by atoms with Gasteiger partial charge in [-0.3, -0.25) is 0 Å². The first-order valence-electron chi connectivity index (χ1n) is 11.6. The third kappa shape index (κ3) is 5.05. The van der Waals surface area contributed by atoms with Gasteiger partial charge >= 0.3 is 0 Å². The van der Waals surface area contributed by atoms with Gasteiger partial charge in [0.15, 0.2) is 0 Å². The molecule has 1 N–H and O–H groups in total. The molecule has 0 atom stereocenters. The lowest BCUT2D eigenvalue weighted by atomic mass is 9.79. The van der Waals surface area contributed by atoms with Crippen molar-refractivity contribution in [3.8, 4) is 0 Å². The Hall–Kier alpha value is -1.47. The highest BCUT2D eigenvalue weighted by atomic mass is 16.5. The van der Waals surface area contributed by atoms with Crippen LogP contribution >= 0.6 is 0 Å². The summed E-state index contributed by atoms with van der Waals surface area (Å²) in [6, 6.07) is 0.374. The van der Waals surface area contributed by atoms with Crippen LogP contribution in [-0.4, -0.2) is 65.4 Å². The predicted octanol–water partition coefficient (Wildman–Crippen LogP) is 3.53. The zero-order valence-corrected chi connectivity index (χ0v) is 20.4. The van der Waals surface area contributed by atoms with Gasteiger partial charge in [-0.15, -0.1) is 0 Å². The molecule has 2 saturated heterocycles. The molecule has 0 saturated carbocycles. The molecule has 3 rings (SSSR count). The van der Waals surface area contributed by atoms with Crippen LogP contribution in [0.2, 0.25) is 0 Å². The zero-order chi connectivity index (χ0) is 22.2. The molecule has 170 valence electrons. The number of anilines is 2. The molecule has 0 unspecified atom stereocenters. The van der Waals surface area contributed by atoms with Crippen molar-refractivity contribution in [2.75, 3.05) is 43.2 Å². The molecule has 0 radical (unpaired) electrons. The molecule has 0 bridgehead atoms. The van der Waals surface area contributed by atoms with E-state index >= 15 is 0 Å². The van der Waals surface area contributed by atoms with Crippen LogP contribution in [0, 0.1) is 0 Å². The van der Waals surface area contributed by atoms with Gasteiger partial charge in [-0.05, 0) is 53.4 Å². The van der Waals surface area contributed by atoms with Gasteiger partial charge in [-0.1, -0.05) is 20.8 Å². The minimum absolute atomic E-state index is 0.0494. The van der Waals surface area contributed by atoms with Crippen LogP contribution in [0.25, 0.3) is 0 Å². The summed E-state index contributed by atoms with van der Waals surface area (Å²) in [4.78, 5) is 19.5. The van der Waals surface area contributed by atoms with E-state index in [0.29, 0.717) is 6.04 Å². The average Bonchev–Trinajstić information content (AvgIpc) is 2.70. The van der Waals surface area contributed by atoms with Crippen LogP contribution in [0.4, 0.5) is 11.9 Å². The van der Waals surface area contributed by atoms with Gasteiger partial charge in [0, 0.05) is 42.7 Å². The van der Waals surface area contributed by atoms with Crippen molar-refractivity contribution >= 4 is 11.9 Å². The quantitative estimate of drug-likeness (QED) is 0.758. The third-order valence-corrected chi connectivity index (χ3v) is 7.04. The number of ether oxygens (including phenoxy) is 1. The van der Waals surface area contributed by atoms with Gasteiger partial charge in [0.2, 0.25) is 11.9 Å². The fraction of sp³-hybridized carbons (Fsp3) is 0.870. The van der Waals surface area contributed by atoms with E-state index < -0.39 is 0 Å². The van der Waals surface area contributed by atoms with Crippen molar-refractivity contribution < 1.29 is 4.74 Å². The van der Waals surface area contributed by atoms with Gasteiger partial charge < -0.3 is 19.9 Å². The summed E-state index contributed by atoms with van der Waals surface area (Å²) in [5, 5.41) is 3.78. The Bertz CT molecular complexity index is 708. The minimum Gasteiger partial charge on any atom is -0.378 e. The maximum atomic E-state index is 5.55. The molecule has 30 heavy (non-hydrogen) atoms. The van der Waals surface area contributed by atoms with E-state index in [4.69, 9.17) is 19.7 Å². The van der Waals surface area contributed by atoms with Gasteiger partial charge in [0.1, 0.15) is 5.82 Å². The van der Waals surface area contributed by atoms with Gasteiger partial charge in [-0.2, -0.15) is 15.0 Å². The smallest absolute Gasteiger partial charge is 0.230 e. The summed E-state index contributed by atoms with van der Waals surface area (Å²) in [6.45, 7) is 19.0. The molecule has 2 aliphatic rings. The normalized spacial score (nSPS) is 22.2. The number of hydrogen-bond donors (Lipinski definition) is 1. The Labute approximate surface area is 183 Å². The summed E-state index contributed by atoms with van der Waals surface area (Å²) in [5.41, 5.74) is 0.0993. The largest absolute Gasteiger partial charge is 0.378 e. The maximum absolute atomic E-state index is 5.55. The van der Waals surface area contributed by atoms with Crippen LogP contribution in [-0.2, 0) is 10.2 Å². The summed E-state index contributed by atoms with van der Waals surface area (Å²) in [7, 11) is 2.15. The second kappa shape index (κ2) is 8.58. The lowest BCUT2D eigenvalue weighted by Crippen LogP contribution is -2.62. The number of morpholine rings is 1. The monoisotopic (exact) mass is 418 g/mol. The van der Waals surface area contributed by atoms with Crippen LogP contribution in [0.1, 0.15) is 80.0 Å². The minimum atomic E-state index is -0.0494. The average molecular weight is 419 g/mol. The van der Waals surface area contributed by atoms with Crippen molar-refractivity contribution in [2.45, 2.75) is 96.7 Å². The Morgan fingerprint density at radius 2 is 1.60 bits per heavy atom. The fourth-order valence-electron chi connectivity index (χ4n) is 4.96. The molecule has 0 aliphatic carbocycles. The highest BCUT2D eigenvalue weighted by Gasteiger charge is 2.40. The van der Waals surface area contributed by atoms with Crippen molar-refractivity contribution in [3.63, 3.8) is 0 Å². The Balaban J connectivity index is 1.99. The lowest BCUT2D eigenvalue weighted by Gasteiger charge is -2.49. The van der Waals surface area contributed by atoms with E-state index in [9.17, 15) is 0 Å². The molecule has 3 heterocycles. The molecule has 0 aromatic carbocycles. The third-order valence-electron chi connectivity index (χ3n) is 7.04. The summed E-state index contributed by atoms with van der Waals surface area (Å²) in [5.74, 6) is 2.51. The van der Waals surface area contributed by atoms with Crippen molar-refractivity contribution in [1.29, 1.82) is 0 Å². The molecule has 0 spiro atoms. The van der Waals surface area contributed by atoms with E-state index in [1.165, 1.54) is 0 Å². The maximum Gasteiger partial charge on any atom is 0.230 e. The van der Waals surface area contributed by atoms with E-state index in [-0.39, 0.29) is 16.5 Å². The zero-order valence-electron chi connectivity index (χ0n) is 20.4. The molecule has 7 heteroatoms. The molecule has 1 aromatic rings. The van der Waals surface area contributed by atoms with E-state index in [0.717, 1.165) is 69.7 Å². The molecule has 7 nitrogen and oxygen atoms in total. The van der Waals surface area contributed by atoms with Crippen molar-refractivity contribution in [3.05, 3.63) is 5.82 Å². The Morgan fingerprint density at radius 3 is 2.13 bits per heavy atom. The summed E-state index contributed by atoms with van der Waals surface area (Å²) >= 11 is 0. The predicted molar refractivity (Wildman–Crippen MR) is 124 cm³/mol. The van der Waals surface area contributed by atoms with E-state index in [1.54, 1.807) is 0 Å². The standard InChI is InChI=1S/C23H42N6O/c1-9-23(7,10-2)18-24-19(26-20(25-18)29-11-13-30-14-12-29)28(8)17-15-21(3,4)27-22(5,6)16-17/h17,27H,9-16H2,1-8H3. The lowest BCUT2D eigenvalue weighted by molar-refractivity contribution is 0.122. The fourth-order valence-corrected chi connectivity index (χ4v) is 4.96. The van der Waals surface area contributed by atoms with Crippen LogP contribution in [0.15, 0.2) is 0 Å². The van der Waals surface area contributed by atoms with Gasteiger partial charge in [-0.25, -0.2) is 0 Å². The molecule has 2 aliphatic heterocycles. The SMILES string of the molecule is CCC(C)(CC)c1nc(N2CCOCC2)nc(N(C)C2CC(C)(C)NC(C)(C)C2)n1. The number of nitrogens with zero attached hydrogens (tertiary/aromatic N) is 5. The molecule has 2 fully saturated rings. The van der Waals surface area contributed by atoms with Crippen LogP contribution < -0.4 is 15.1 Å². The van der Waals surface area contributed by atoms with Gasteiger partial charge in [0.25, 0.3) is 0 Å². The van der Waals surface area contributed by atoms with Crippen LogP contribution in [0.3, 0.4) is 0 Å². The second-order valence-electron chi connectivity index (χ2n) is 10.7. The first kappa shape index (κ1) is 23.2. The number of hydrogen-bond acceptors (Lipinski definition) is 7. The number of piperidine rings is 1. The Morgan fingerprint density at radius 1 is 1.03 bits per heavy atom. The second-order valence-corrected chi connectivity index (χ2v) is 10.7.